The van der Waals surface area contributed by atoms with Crippen LogP contribution in [0.25, 0.3) is 11.5 Å². The molecule has 2 aromatic carbocycles. The largest absolute Gasteiger partial charge is 0.367 e. The van der Waals surface area contributed by atoms with Crippen LogP contribution in [0.3, 0.4) is 0 Å². The van der Waals surface area contributed by atoms with Crippen LogP contribution in [-0.4, -0.2) is 65.6 Å². The van der Waals surface area contributed by atoms with Gasteiger partial charge in [-0.05, 0) is 30.7 Å². The van der Waals surface area contributed by atoms with E-state index in [1.165, 1.54) is 6.07 Å². The number of carbonyl (C=O) groups is 1. The summed E-state index contributed by atoms with van der Waals surface area (Å²) in [7, 11) is 1.83. The average Bonchev–Trinajstić information content (AvgIpc) is 3.36. The number of halogens is 1. The lowest BCUT2D eigenvalue weighted by Crippen LogP contribution is -2.51. The van der Waals surface area contributed by atoms with Crippen molar-refractivity contribution in [3.8, 4) is 11.5 Å². The number of hydrogen-bond donors (Lipinski definition) is 0. The number of anilines is 1. The Morgan fingerprint density at radius 3 is 2.41 bits per heavy atom. The van der Waals surface area contributed by atoms with E-state index in [-0.39, 0.29) is 23.7 Å². The minimum Gasteiger partial charge on any atom is -0.367 e. The van der Waals surface area contributed by atoms with E-state index >= 15 is 4.39 Å². The third-order valence-electron chi connectivity index (χ3n) is 6.37. The molecule has 1 aliphatic heterocycles. The van der Waals surface area contributed by atoms with Crippen molar-refractivity contribution >= 4 is 11.6 Å². The Labute approximate surface area is 200 Å². The highest BCUT2D eigenvalue weighted by atomic mass is 19.1. The van der Waals surface area contributed by atoms with Crippen LogP contribution in [-0.2, 0) is 4.79 Å². The van der Waals surface area contributed by atoms with Crippen molar-refractivity contribution in [2.45, 2.75) is 32.7 Å². The van der Waals surface area contributed by atoms with E-state index in [0.29, 0.717) is 55.7 Å². The van der Waals surface area contributed by atoms with E-state index in [4.69, 9.17) is 4.52 Å². The third kappa shape index (κ3) is 4.97. The molecule has 1 atom stereocenters. The van der Waals surface area contributed by atoms with Crippen LogP contribution in [0.4, 0.5) is 10.1 Å². The molecule has 7 nitrogen and oxygen atoms in total. The van der Waals surface area contributed by atoms with Crippen LogP contribution in [0.15, 0.2) is 53.1 Å². The predicted octanol–water partition coefficient (Wildman–Crippen LogP) is 4.34. The first kappa shape index (κ1) is 23.9. The predicted molar refractivity (Wildman–Crippen MR) is 130 cm³/mol. The van der Waals surface area contributed by atoms with Gasteiger partial charge in [-0.15, -0.1) is 0 Å². The second-order valence-electron chi connectivity index (χ2n) is 8.97. The van der Waals surface area contributed by atoms with Crippen LogP contribution < -0.4 is 4.90 Å². The monoisotopic (exact) mass is 465 g/mol. The maximum atomic E-state index is 15.1. The van der Waals surface area contributed by atoms with E-state index in [1.807, 2.05) is 69.1 Å². The second-order valence-corrected chi connectivity index (χ2v) is 8.97. The zero-order valence-electron chi connectivity index (χ0n) is 20.2. The Bertz CT molecular complexity index is 1110. The van der Waals surface area contributed by atoms with Crippen molar-refractivity contribution < 1.29 is 13.7 Å². The molecule has 34 heavy (non-hydrogen) atoms. The minimum atomic E-state index is -0.340. The van der Waals surface area contributed by atoms with Crippen molar-refractivity contribution in [1.82, 2.24) is 19.9 Å². The van der Waals surface area contributed by atoms with Crippen molar-refractivity contribution in [3.63, 3.8) is 0 Å². The zero-order chi connectivity index (χ0) is 24.2. The summed E-state index contributed by atoms with van der Waals surface area (Å²) in [5.41, 5.74) is 2.09. The summed E-state index contributed by atoms with van der Waals surface area (Å²) in [5.74, 6) is 0.825. The van der Waals surface area contributed by atoms with Gasteiger partial charge in [0.1, 0.15) is 11.9 Å². The maximum Gasteiger partial charge on any atom is 0.258 e. The van der Waals surface area contributed by atoms with Gasteiger partial charge in [-0.3, -0.25) is 9.69 Å². The normalized spacial score (nSPS) is 15.5. The molecule has 0 N–H and O–H groups in total. The minimum absolute atomic E-state index is 0.0815. The molecule has 1 aliphatic rings. The fraction of sp³-hybridized carbons (Fsp3) is 0.423. The summed E-state index contributed by atoms with van der Waals surface area (Å²) in [4.78, 5) is 23.5. The zero-order valence-corrected chi connectivity index (χ0v) is 20.2. The Morgan fingerprint density at radius 1 is 1.12 bits per heavy atom. The SMILES string of the molecule is CCN(C)C(=O)C(c1ccccc1)N1CCN(c2ccc(-c3nc(C(C)C)no3)cc2F)CC1. The van der Waals surface area contributed by atoms with Gasteiger partial charge in [-0.1, -0.05) is 49.3 Å². The summed E-state index contributed by atoms with van der Waals surface area (Å²) < 4.78 is 20.4. The molecule has 1 aromatic heterocycles. The molecule has 1 amide bonds. The fourth-order valence-corrected chi connectivity index (χ4v) is 4.21. The molecule has 4 rings (SSSR count). The number of benzene rings is 2. The molecule has 0 aliphatic carbocycles. The number of aromatic nitrogens is 2. The standard InChI is InChI=1S/C26H32FN5O2/c1-5-30(4)26(33)23(19-9-7-6-8-10-19)32-15-13-31(14-16-32)22-12-11-20(17-21(22)27)25-28-24(18(2)3)29-34-25/h6-12,17-18,23H,5,13-16H2,1-4H3. The Morgan fingerprint density at radius 2 is 1.82 bits per heavy atom. The molecule has 1 fully saturated rings. The molecule has 2 heterocycles. The number of likely N-dealkylation sites (N-methyl/N-ethyl adjacent to an activating group) is 1. The highest BCUT2D eigenvalue weighted by Crippen LogP contribution is 2.29. The third-order valence-corrected chi connectivity index (χ3v) is 6.37. The summed E-state index contributed by atoms with van der Waals surface area (Å²) in [6.45, 7) is 9.15. The molecular weight excluding hydrogens is 433 g/mol. The molecule has 0 radical (unpaired) electrons. The maximum absolute atomic E-state index is 15.1. The van der Waals surface area contributed by atoms with Gasteiger partial charge in [0.05, 0.1) is 5.69 Å². The lowest BCUT2D eigenvalue weighted by Gasteiger charge is -2.40. The first-order valence-corrected chi connectivity index (χ1v) is 11.8. The van der Waals surface area contributed by atoms with Crippen LogP contribution in [0.1, 0.15) is 44.1 Å². The van der Waals surface area contributed by atoms with Gasteiger partial charge in [0.2, 0.25) is 5.91 Å². The average molecular weight is 466 g/mol. The van der Waals surface area contributed by atoms with Gasteiger partial charge in [-0.2, -0.15) is 4.98 Å². The molecule has 1 unspecified atom stereocenters. The summed E-state index contributed by atoms with van der Waals surface area (Å²) >= 11 is 0. The molecule has 8 heteroatoms. The number of rotatable bonds is 7. The van der Waals surface area contributed by atoms with E-state index in [0.717, 1.165) is 5.56 Å². The fourth-order valence-electron chi connectivity index (χ4n) is 4.21. The van der Waals surface area contributed by atoms with Crippen molar-refractivity contribution in [2.24, 2.45) is 0 Å². The molecule has 1 saturated heterocycles. The Balaban J connectivity index is 1.48. The number of amides is 1. The van der Waals surface area contributed by atoms with Gasteiger partial charge >= 0.3 is 0 Å². The van der Waals surface area contributed by atoms with Crippen LogP contribution in [0.2, 0.25) is 0 Å². The number of carbonyl (C=O) groups excluding carboxylic acids is 1. The van der Waals surface area contributed by atoms with Gasteiger partial charge in [0.25, 0.3) is 5.89 Å². The van der Waals surface area contributed by atoms with Crippen LogP contribution in [0, 0.1) is 5.82 Å². The summed E-state index contributed by atoms with van der Waals surface area (Å²) in [6, 6.07) is 14.6. The lowest BCUT2D eigenvalue weighted by molar-refractivity contribution is -0.136. The van der Waals surface area contributed by atoms with E-state index in [2.05, 4.69) is 15.0 Å². The quantitative estimate of drug-likeness (QED) is 0.517. The number of nitrogens with zero attached hydrogens (tertiary/aromatic N) is 5. The summed E-state index contributed by atoms with van der Waals surface area (Å²) in [5, 5.41) is 3.96. The highest BCUT2D eigenvalue weighted by Gasteiger charge is 2.32. The first-order chi connectivity index (χ1) is 16.4. The molecular formula is C26H32FN5O2. The van der Waals surface area contributed by atoms with Crippen molar-refractivity contribution in [3.05, 3.63) is 65.7 Å². The molecule has 0 bridgehead atoms. The lowest BCUT2D eigenvalue weighted by atomic mass is 10.0. The molecule has 3 aromatic rings. The van der Waals surface area contributed by atoms with Gasteiger partial charge in [-0.25, -0.2) is 4.39 Å². The van der Waals surface area contributed by atoms with Gasteiger partial charge in [0, 0.05) is 51.3 Å². The van der Waals surface area contributed by atoms with Crippen molar-refractivity contribution in [2.75, 3.05) is 44.7 Å². The van der Waals surface area contributed by atoms with Crippen molar-refractivity contribution in [1.29, 1.82) is 0 Å². The Kier molecular flexibility index (Phi) is 7.26. The van der Waals surface area contributed by atoms with Crippen LogP contribution in [0.5, 0.6) is 0 Å². The smallest absolute Gasteiger partial charge is 0.258 e. The van der Waals surface area contributed by atoms with Gasteiger partial charge in [0.15, 0.2) is 5.82 Å². The number of piperazine rings is 1. The molecule has 0 spiro atoms. The summed E-state index contributed by atoms with van der Waals surface area (Å²) in [6.07, 6.45) is 0. The second kappa shape index (κ2) is 10.3. The van der Waals surface area contributed by atoms with E-state index < -0.39 is 0 Å². The first-order valence-electron chi connectivity index (χ1n) is 11.8. The molecule has 180 valence electrons. The topological polar surface area (TPSA) is 65.7 Å². The van der Waals surface area contributed by atoms with E-state index in [1.54, 1.807) is 11.0 Å². The number of hydrogen-bond acceptors (Lipinski definition) is 6. The highest BCUT2D eigenvalue weighted by molar-refractivity contribution is 5.83. The van der Waals surface area contributed by atoms with Gasteiger partial charge < -0.3 is 14.3 Å². The van der Waals surface area contributed by atoms with E-state index in [9.17, 15) is 4.79 Å². The Hall–Kier alpha value is -3.26. The molecule has 0 saturated carbocycles. The van der Waals surface area contributed by atoms with Crippen LogP contribution >= 0.6 is 0 Å².